The molecule has 0 rings (SSSR count). The van der Waals surface area contributed by atoms with E-state index in [1.54, 1.807) is 6.92 Å². The van der Waals surface area contributed by atoms with Crippen LogP contribution in [0.3, 0.4) is 0 Å². The average molecular weight is 217 g/mol. The second kappa shape index (κ2) is 6.80. The molecule has 0 spiro atoms. The molecule has 0 heterocycles. The first-order valence-electron chi connectivity index (χ1n) is 4.65. The number of ether oxygens (including phenoxy) is 1. The molecule has 0 radical (unpaired) electrons. The van der Waals surface area contributed by atoms with E-state index in [1.807, 2.05) is 0 Å². The second-order valence-corrected chi connectivity index (χ2v) is 2.93. The Morgan fingerprint density at radius 3 is 2.40 bits per heavy atom. The Kier molecular flexibility index (Phi) is 6.08. The summed E-state index contributed by atoms with van der Waals surface area (Å²) >= 11 is 0. The minimum atomic E-state index is -1.11. The number of carbonyl (C=O) groups excluding carboxylic acids is 2. The van der Waals surface area contributed by atoms with Crippen molar-refractivity contribution < 1.29 is 24.2 Å². The SMILES string of the molecule is CCOC(=O)CCC(=O)N[C@@H](C)C(=O)O. The summed E-state index contributed by atoms with van der Waals surface area (Å²) < 4.78 is 4.61. The van der Waals surface area contributed by atoms with Crippen molar-refractivity contribution in [2.75, 3.05) is 6.61 Å². The predicted molar refractivity (Wildman–Crippen MR) is 51.1 cm³/mol. The topological polar surface area (TPSA) is 92.7 Å². The highest BCUT2D eigenvalue weighted by Crippen LogP contribution is 1.94. The Morgan fingerprint density at radius 1 is 1.33 bits per heavy atom. The van der Waals surface area contributed by atoms with Gasteiger partial charge in [-0.1, -0.05) is 0 Å². The van der Waals surface area contributed by atoms with Crippen LogP contribution in [0.25, 0.3) is 0 Å². The molecule has 1 atom stereocenters. The molecule has 0 unspecified atom stereocenters. The lowest BCUT2D eigenvalue weighted by molar-refractivity contribution is -0.144. The molecule has 0 aromatic rings. The van der Waals surface area contributed by atoms with Crippen LogP contribution in [0.1, 0.15) is 26.7 Å². The highest BCUT2D eigenvalue weighted by molar-refractivity contribution is 5.85. The van der Waals surface area contributed by atoms with Gasteiger partial charge in [-0.15, -0.1) is 0 Å². The molecule has 0 bridgehead atoms. The zero-order valence-electron chi connectivity index (χ0n) is 8.78. The number of carboxylic acids is 1. The Balaban J connectivity index is 3.75. The average Bonchev–Trinajstić information content (AvgIpc) is 2.15. The van der Waals surface area contributed by atoms with Gasteiger partial charge in [0, 0.05) is 6.42 Å². The molecule has 0 fully saturated rings. The van der Waals surface area contributed by atoms with Crippen molar-refractivity contribution in [3.63, 3.8) is 0 Å². The molecule has 0 aliphatic heterocycles. The quantitative estimate of drug-likeness (QED) is 0.607. The van der Waals surface area contributed by atoms with E-state index in [4.69, 9.17) is 5.11 Å². The number of hydrogen-bond donors (Lipinski definition) is 2. The monoisotopic (exact) mass is 217 g/mol. The van der Waals surface area contributed by atoms with Crippen LogP contribution in [-0.2, 0) is 19.1 Å². The molecular formula is C9H15NO5. The van der Waals surface area contributed by atoms with Gasteiger partial charge in [0.1, 0.15) is 6.04 Å². The molecule has 0 aromatic heterocycles. The maximum Gasteiger partial charge on any atom is 0.325 e. The van der Waals surface area contributed by atoms with E-state index in [9.17, 15) is 14.4 Å². The normalized spacial score (nSPS) is 11.6. The van der Waals surface area contributed by atoms with Gasteiger partial charge in [0.2, 0.25) is 5.91 Å². The van der Waals surface area contributed by atoms with E-state index in [0.717, 1.165) is 0 Å². The van der Waals surface area contributed by atoms with Crippen LogP contribution in [0.2, 0.25) is 0 Å². The molecule has 6 heteroatoms. The minimum Gasteiger partial charge on any atom is -0.480 e. The third-order valence-corrected chi connectivity index (χ3v) is 1.61. The number of amides is 1. The standard InChI is InChI=1S/C9H15NO5/c1-3-15-8(12)5-4-7(11)10-6(2)9(13)14/h6H,3-5H2,1-2H3,(H,10,11)(H,13,14)/t6-/m0/s1. The van der Waals surface area contributed by atoms with Crippen molar-refractivity contribution in [1.29, 1.82) is 0 Å². The summed E-state index contributed by atoms with van der Waals surface area (Å²) in [5.74, 6) is -2.05. The van der Waals surface area contributed by atoms with Crippen molar-refractivity contribution in [3.05, 3.63) is 0 Å². The minimum absolute atomic E-state index is 0.0357. The van der Waals surface area contributed by atoms with E-state index < -0.39 is 23.9 Å². The van der Waals surface area contributed by atoms with Crippen LogP contribution < -0.4 is 5.32 Å². The molecule has 0 saturated heterocycles. The lowest BCUT2D eigenvalue weighted by atomic mass is 10.2. The van der Waals surface area contributed by atoms with Gasteiger partial charge in [-0.05, 0) is 13.8 Å². The molecule has 86 valence electrons. The van der Waals surface area contributed by atoms with Gasteiger partial charge in [0.05, 0.1) is 13.0 Å². The van der Waals surface area contributed by atoms with Gasteiger partial charge in [-0.2, -0.15) is 0 Å². The van der Waals surface area contributed by atoms with Gasteiger partial charge in [0.15, 0.2) is 0 Å². The molecule has 15 heavy (non-hydrogen) atoms. The summed E-state index contributed by atoms with van der Waals surface area (Å²) in [4.78, 5) is 32.3. The summed E-state index contributed by atoms with van der Waals surface area (Å²) in [7, 11) is 0. The molecule has 2 N–H and O–H groups in total. The molecule has 0 saturated carbocycles. The number of carbonyl (C=O) groups is 3. The van der Waals surface area contributed by atoms with Crippen LogP contribution >= 0.6 is 0 Å². The smallest absolute Gasteiger partial charge is 0.325 e. The first-order valence-corrected chi connectivity index (χ1v) is 4.65. The third-order valence-electron chi connectivity index (χ3n) is 1.61. The van der Waals surface area contributed by atoms with Crippen molar-refractivity contribution in [3.8, 4) is 0 Å². The Hall–Kier alpha value is -1.59. The first-order chi connectivity index (χ1) is 6.97. The Morgan fingerprint density at radius 2 is 1.93 bits per heavy atom. The van der Waals surface area contributed by atoms with Crippen molar-refractivity contribution in [1.82, 2.24) is 5.32 Å². The van der Waals surface area contributed by atoms with Gasteiger partial charge in [-0.25, -0.2) is 0 Å². The summed E-state index contributed by atoms with van der Waals surface area (Å²) in [6, 6.07) is -0.945. The molecule has 0 aliphatic carbocycles. The fourth-order valence-electron chi connectivity index (χ4n) is 0.824. The molecular weight excluding hydrogens is 202 g/mol. The number of esters is 1. The zero-order chi connectivity index (χ0) is 11.8. The van der Waals surface area contributed by atoms with Crippen molar-refractivity contribution >= 4 is 17.8 Å². The predicted octanol–water partition coefficient (Wildman–Crippen LogP) is -0.0810. The van der Waals surface area contributed by atoms with Crippen LogP contribution in [-0.4, -0.2) is 35.6 Å². The fraction of sp³-hybridized carbons (Fsp3) is 0.667. The number of nitrogens with one attached hydrogen (secondary N) is 1. The van der Waals surface area contributed by atoms with E-state index in [-0.39, 0.29) is 19.4 Å². The van der Waals surface area contributed by atoms with E-state index in [0.29, 0.717) is 0 Å². The van der Waals surface area contributed by atoms with Gasteiger partial charge < -0.3 is 15.2 Å². The van der Waals surface area contributed by atoms with Crippen LogP contribution in [0, 0.1) is 0 Å². The molecule has 6 nitrogen and oxygen atoms in total. The maximum absolute atomic E-state index is 11.1. The van der Waals surface area contributed by atoms with E-state index in [1.165, 1.54) is 6.92 Å². The lowest BCUT2D eigenvalue weighted by Crippen LogP contribution is -2.38. The Labute approximate surface area is 87.6 Å². The molecule has 0 aromatic carbocycles. The Bertz CT molecular complexity index is 251. The van der Waals surface area contributed by atoms with E-state index in [2.05, 4.69) is 10.1 Å². The lowest BCUT2D eigenvalue weighted by Gasteiger charge is -2.08. The first kappa shape index (κ1) is 13.4. The second-order valence-electron chi connectivity index (χ2n) is 2.93. The van der Waals surface area contributed by atoms with Crippen LogP contribution in [0.4, 0.5) is 0 Å². The van der Waals surface area contributed by atoms with Crippen molar-refractivity contribution in [2.24, 2.45) is 0 Å². The maximum atomic E-state index is 11.1. The number of rotatable bonds is 6. The van der Waals surface area contributed by atoms with Gasteiger partial charge in [-0.3, -0.25) is 14.4 Å². The summed E-state index contributed by atoms with van der Waals surface area (Å²) in [5, 5.41) is 10.7. The summed E-state index contributed by atoms with van der Waals surface area (Å²) in [5.41, 5.74) is 0. The highest BCUT2D eigenvalue weighted by atomic mass is 16.5. The fourth-order valence-corrected chi connectivity index (χ4v) is 0.824. The van der Waals surface area contributed by atoms with Crippen molar-refractivity contribution in [2.45, 2.75) is 32.7 Å². The van der Waals surface area contributed by atoms with Gasteiger partial charge >= 0.3 is 11.9 Å². The van der Waals surface area contributed by atoms with Crippen LogP contribution in [0.15, 0.2) is 0 Å². The molecule has 0 aliphatic rings. The number of aliphatic carboxylic acids is 1. The summed E-state index contributed by atoms with van der Waals surface area (Å²) in [6.45, 7) is 3.29. The van der Waals surface area contributed by atoms with E-state index >= 15 is 0 Å². The largest absolute Gasteiger partial charge is 0.480 e. The number of carboxylic acid groups (broad SMARTS) is 1. The number of hydrogen-bond acceptors (Lipinski definition) is 4. The molecule has 1 amide bonds. The summed E-state index contributed by atoms with van der Waals surface area (Å²) in [6.07, 6.45) is -0.0948. The van der Waals surface area contributed by atoms with Crippen LogP contribution in [0.5, 0.6) is 0 Å². The highest BCUT2D eigenvalue weighted by Gasteiger charge is 2.14. The van der Waals surface area contributed by atoms with Gasteiger partial charge in [0.25, 0.3) is 0 Å². The zero-order valence-corrected chi connectivity index (χ0v) is 8.78. The third kappa shape index (κ3) is 6.48.